The van der Waals surface area contributed by atoms with E-state index in [1.165, 1.54) is 0 Å². The number of ether oxygens (including phenoxy) is 1. The molecule has 1 aliphatic heterocycles. The van der Waals surface area contributed by atoms with Crippen molar-refractivity contribution in [2.24, 2.45) is 0 Å². The van der Waals surface area contributed by atoms with E-state index in [4.69, 9.17) is 4.74 Å². The lowest BCUT2D eigenvalue weighted by Gasteiger charge is -2.12. The van der Waals surface area contributed by atoms with E-state index in [0.717, 1.165) is 32.3 Å². The molecule has 1 saturated heterocycles. The Morgan fingerprint density at radius 2 is 1.62 bits per heavy atom. The second kappa shape index (κ2) is 10.1. The van der Waals surface area contributed by atoms with Crippen molar-refractivity contribution in [2.75, 3.05) is 29.5 Å². The van der Waals surface area contributed by atoms with Crippen molar-refractivity contribution in [3.8, 4) is 0 Å². The van der Waals surface area contributed by atoms with Gasteiger partial charge in [0.05, 0.1) is 17.1 Å². The zero-order valence-corrected chi connectivity index (χ0v) is 17.3. The first-order valence-corrected chi connectivity index (χ1v) is 11.9. The molecule has 1 heterocycles. The van der Waals surface area contributed by atoms with Crippen LogP contribution >= 0.6 is 0 Å². The lowest BCUT2D eigenvalue weighted by molar-refractivity contribution is -0.115. The number of amides is 3. The molecule has 1 aliphatic carbocycles. The molecule has 0 aromatic heterocycles. The Labute approximate surface area is 171 Å². The lowest BCUT2D eigenvalue weighted by atomic mass is 10.2. The van der Waals surface area contributed by atoms with Crippen LogP contribution in [0.3, 0.4) is 0 Å². The molecule has 1 saturated carbocycles. The topological polar surface area (TPSA) is 114 Å². The van der Waals surface area contributed by atoms with Gasteiger partial charge in [-0.15, -0.1) is 0 Å². The van der Waals surface area contributed by atoms with E-state index in [-0.39, 0.29) is 35.5 Å². The Balaban J connectivity index is 1.40. The highest BCUT2D eigenvalue weighted by molar-refractivity contribution is 7.92. The molecule has 0 spiro atoms. The minimum absolute atomic E-state index is 0.0511. The highest BCUT2D eigenvalue weighted by atomic mass is 32.2. The zero-order chi connectivity index (χ0) is 20.7. The van der Waals surface area contributed by atoms with Gasteiger partial charge in [-0.25, -0.2) is 13.2 Å². The summed E-state index contributed by atoms with van der Waals surface area (Å²) in [5, 5.41) is 7.91. The number of hydrogen-bond donors (Lipinski definition) is 3. The summed E-state index contributed by atoms with van der Waals surface area (Å²) in [6, 6.07) is 6.37. The van der Waals surface area contributed by atoms with Crippen molar-refractivity contribution in [2.45, 2.75) is 56.3 Å². The van der Waals surface area contributed by atoms with Crippen LogP contribution in [0.5, 0.6) is 0 Å². The van der Waals surface area contributed by atoms with Gasteiger partial charge in [-0.1, -0.05) is 12.8 Å². The molecule has 0 bridgehead atoms. The summed E-state index contributed by atoms with van der Waals surface area (Å²) in [5.41, 5.74) is 1.15. The molecule has 9 heteroatoms. The third-order valence-electron chi connectivity index (χ3n) is 5.36. The fraction of sp³-hybridized carbons (Fsp3) is 0.600. The molecule has 8 nitrogen and oxygen atoms in total. The summed E-state index contributed by atoms with van der Waals surface area (Å²) in [6.07, 6.45) is 5.32. The van der Waals surface area contributed by atoms with Gasteiger partial charge in [0.25, 0.3) is 0 Å². The summed E-state index contributed by atoms with van der Waals surface area (Å²) in [4.78, 5) is 24.0. The fourth-order valence-corrected chi connectivity index (χ4v) is 5.55. The average Bonchev–Trinajstić information content (AvgIpc) is 3.41. The van der Waals surface area contributed by atoms with Crippen LogP contribution in [0, 0.1) is 0 Å². The number of carbonyl (C=O) groups is 2. The number of benzene rings is 1. The summed E-state index contributed by atoms with van der Waals surface area (Å²) >= 11 is 0. The molecular weight excluding hydrogens is 394 g/mol. The second-order valence-corrected chi connectivity index (χ2v) is 10.0. The molecule has 2 aliphatic rings. The van der Waals surface area contributed by atoms with Gasteiger partial charge in [0.2, 0.25) is 5.91 Å². The molecule has 1 aromatic rings. The summed E-state index contributed by atoms with van der Waals surface area (Å²) in [6.45, 7) is 1.22. The maximum Gasteiger partial charge on any atom is 0.319 e. The van der Waals surface area contributed by atoms with Crippen molar-refractivity contribution >= 4 is 33.2 Å². The molecule has 1 atom stereocenters. The Kier molecular flexibility index (Phi) is 7.49. The number of rotatable bonds is 8. The van der Waals surface area contributed by atoms with Crippen LogP contribution in [0.25, 0.3) is 0 Å². The Morgan fingerprint density at radius 3 is 2.24 bits per heavy atom. The van der Waals surface area contributed by atoms with Gasteiger partial charge < -0.3 is 20.7 Å². The third-order valence-corrected chi connectivity index (χ3v) is 7.62. The van der Waals surface area contributed by atoms with Crippen LogP contribution < -0.4 is 16.0 Å². The largest absolute Gasteiger partial charge is 0.376 e. The lowest BCUT2D eigenvalue weighted by Crippen LogP contribution is -2.35. The standard InChI is InChI=1S/C20H29N3O5S/c24-19(11-13-29(26,27)18-5-1-2-6-18)22-15-7-9-16(10-8-15)23-20(25)21-14-17-4-3-12-28-17/h7-10,17-18H,1-6,11-14H2,(H,22,24)(H2,21,23,25). The smallest absolute Gasteiger partial charge is 0.319 e. The highest BCUT2D eigenvalue weighted by Crippen LogP contribution is 2.25. The van der Waals surface area contributed by atoms with Crippen molar-refractivity contribution in [1.82, 2.24) is 5.32 Å². The van der Waals surface area contributed by atoms with Crippen LogP contribution in [0.4, 0.5) is 16.2 Å². The summed E-state index contributed by atoms with van der Waals surface area (Å²) in [5.74, 6) is -0.449. The Hall–Kier alpha value is -2.13. The fourth-order valence-electron chi connectivity index (χ4n) is 3.70. The number of sulfone groups is 1. The van der Waals surface area contributed by atoms with Gasteiger partial charge in [-0.3, -0.25) is 4.79 Å². The van der Waals surface area contributed by atoms with E-state index in [2.05, 4.69) is 16.0 Å². The number of carbonyl (C=O) groups excluding carboxylic acids is 2. The molecule has 1 unspecified atom stereocenters. The molecule has 160 valence electrons. The molecule has 3 rings (SSSR count). The van der Waals surface area contributed by atoms with Gasteiger partial charge in [0, 0.05) is 30.9 Å². The minimum Gasteiger partial charge on any atom is -0.376 e. The average molecular weight is 424 g/mol. The predicted molar refractivity (Wildman–Crippen MR) is 112 cm³/mol. The van der Waals surface area contributed by atoms with Crippen molar-refractivity contribution in [1.29, 1.82) is 0 Å². The van der Waals surface area contributed by atoms with Crippen molar-refractivity contribution < 1.29 is 22.7 Å². The first-order valence-electron chi connectivity index (χ1n) is 10.2. The van der Waals surface area contributed by atoms with Crippen LogP contribution in [-0.2, 0) is 19.4 Å². The first kappa shape index (κ1) is 21.6. The Bertz CT molecular complexity index is 798. The van der Waals surface area contributed by atoms with Crippen LogP contribution in [0.15, 0.2) is 24.3 Å². The molecule has 0 radical (unpaired) electrons. The van der Waals surface area contributed by atoms with E-state index in [1.807, 2.05) is 0 Å². The highest BCUT2D eigenvalue weighted by Gasteiger charge is 2.28. The van der Waals surface area contributed by atoms with Gasteiger partial charge in [0.1, 0.15) is 0 Å². The van der Waals surface area contributed by atoms with Gasteiger partial charge in [-0.05, 0) is 49.9 Å². The number of hydrogen-bond acceptors (Lipinski definition) is 5. The second-order valence-electron chi connectivity index (χ2n) is 7.62. The maximum atomic E-state index is 12.2. The number of urea groups is 1. The molecule has 29 heavy (non-hydrogen) atoms. The van der Waals surface area contributed by atoms with E-state index < -0.39 is 9.84 Å². The quantitative estimate of drug-likeness (QED) is 0.595. The molecular formula is C20H29N3O5S. The first-order chi connectivity index (χ1) is 13.9. The summed E-state index contributed by atoms with van der Waals surface area (Å²) < 4.78 is 29.9. The van der Waals surface area contributed by atoms with E-state index >= 15 is 0 Å². The normalized spacial score (nSPS) is 19.8. The molecule has 3 N–H and O–H groups in total. The van der Waals surface area contributed by atoms with Gasteiger partial charge in [0.15, 0.2) is 9.84 Å². The Morgan fingerprint density at radius 1 is 0.966 bits per heavy atom. The maximum absolute atomic E-state index is 12.2. The monoisotopic (exact) mass is 423 g/mol. The van der Waals surface area contributed by atoms with Crippen LogP contribution in [-0.4, -0.2) is 50.6 Å². The van der Waals surface area contributed by atoms with Gasteiger partial charge in [-0.2, -0.15) is 0 Å². The molecule has 1 aromatic carbocycles. The van der Waals surface area contributed by atoms with Crippen molar-refractivity contribution in [3.63, 3.8) is 0 Å². The van der Waals surface area contributed by atoms with E-state index in [1.54, 1.807) is 24.3 Å². The van der Waals surface area contributed by atoms with E-state index in [9.17, 15) is 18.0 Å². The van der Waals surface area contributed by atoms with Crippen LogP contribution in [0.2, 0.25) is 0 Å². The summed E-state index contributed by atoms with van der Waals surface area (Å²) in [7, 11) is -3.20. The number of anilines is 2. The molecule has 2 fully saturated rings. The van der Waals surface area contributed by atoms with E-state index in [0.29, 0.717) is 30.8 Å². The zero-order valence-electron chi connectivity index (χ0n) is 16.5. The molecule has 3 amide bonds. The number of nitrogens with one attached hydrogen (secondary N) is 3. The third kappa shape index (κ3) is 6.71. The van der Waals surface area contributed by atoms with Crippen molar-refractivity contribution in [3.05, 3.63) is 24.3 Å². The minimum atomic E-state index is -3.20. The SMILES string of the molecule is O=C(CCS(=O)(=O)C1CCCC1)Nc1ccc(NC(=O)NCC2CCCO2)cc1. The predicted octanol–water partition coefficient (Wildman–Crippen LogP) is 2.67. The van der Waals surface area contributed by atoms with Gasteiger partial charge >= 0.3 is 6.03 Å². The van der Waals surface area contributed by atoms with Crippen LogP contribution in [0.1, 0.15) is 44.9 Å².